The molecule has 24 heavy (non-hydrogen) atoms. The standard InChI is InChI=1S/C21H21NO2/c1-4-15-11-14-7-6-8-21-16(5-2)12-20(21,18(23)24-3)10-9-19(15,13-22)17(14)21/h4-6,8-10,15-16H,1-2,7,11-12H2,3H3/t15-,16?,19+,20-,21-/m0/s1. The monoisotopic (exact) mass is 319 g/mol. The molecule has 122 valence electrons. The molecule has 0 heterocycles. The predicted octanol–water partition coefficient (Wildman–Crippen LogP) is 3.88. The van der Waals surface area contributed by atoms with Gasteiger partial charge < -0.3 is 4.74 Å². The van der Waals surface area contributed by atoms with Crippen LogP contribution < -0.4 is 0 Å². The lowest BCUT2D eigenvalue weighted by Gasteiger charge is -2.65. The van der Waals surface area contributed by atoms with Gasteiger partial charge in [0.15, 0.2) is 0 Å². The van der Waals surface area contributed by atoms with Crippen LogP contribution in [0.3, 0.4) is 0 Å². The predicted molar refractivity (Wildman–Crippen MR) is 91.5 cm³/mol. The molecule has 0 aromatic carbocycles. The van der Waals surface area contributed by atoms with Crippen LogP contribution in [0, 0.1) is 39.4 Å². The number of rotatable bonds is 3. The first-order valence-corrected chi connectivity index (χ1v) is 8.42. The van der Waals surface area contributed by atoms with Gasteiger partial charge in [0.25, 0.3) is 0 Å². The van der Waals surface area contributed by atoms with Crippen LogP contribution in [0.25, 0.3) is 0 Å². The van der Waals surface area contributed by atoms with Crippen molar-refractivity contribution in [3.05, 3.63) is 60.8 Å². The van der Waals surface area contributed by atoms with Crippen molar-refractivity contribution in [3.8, 4) is 6.07 Å². The highest BCUT2D eigenvalue weighted by molar-refractivity contribution is 5.86. The first-order chi connectivity index (χ1) is 11.6. The van der Waals surface area contributed by atoms with Gasteiger partial charge in [-0.2, -0.15) is 5.26 Å². The SMILES string of the molecule is C=CC1C[C@]2(C(=O)OC)C=C[C@]3(C#N)C4=C(CC=C[C@@]412)C[C@@H]3C=C. The highest BCUT2D eigenvalue weighted by atomic mass is 16.5. The van der Waals surface area contributed by atoms with Gasteiger partial charge in [-0.15, -0.1) is 13.2 Å². The summed E-state index contributed by atoms with van der Waals surface area (Å²) in [5, 5.41) is 10.1. The summed E-state index contributed by atoms with van der Waals surface area (Å²) in [6.07, 6.45) is 14.4. The summed E-state index contributed by atoms with van der Waals surface area (Å²) in [5.41, 5.74) is 0.495. The van der Waals surface area contributed by atoms with E-state index in [1.807, 2.05) is 24.3 Å². The van der Waals surface area contributed by atoms with E-state index in [0.717, 1.165) is 18.4 Å². The average Bonchev–Trinajstić information content (AvgIpc) is 2.94. The van der Waals surface area contributed by atoms with Crippen LogP contribution >= 0.6 is 0 Å². The summed E-state index contributed by atoms with van der Waals surface area (Å²) in [6, 6.07) is 2.57. The van der Waals surface area contributed by atoms with Crippen molar-refractivity contribution >= 4 is 5.97 Å². The molecule has 1 spiro atoms. The molecule has 0 aromatic heterocycles. The van der Waals surface area contributed by atoms with Crippen LogP contribution in [0.15, 0.2) is 60.8 Å². The van der Waals surface area contributed by atoms with E-state index in [-0.39, 0.29) is 17.8 Å². The van der Waals surface area contributed by atoms with Crippen LogP contribution in [0.4, 0.5) is 0 Å². The molecular formula is C21H21NO2. The largest absolute Gasteiger partial charge is 0.468 e. The molecule has 0 saturated heterocycles. The molecule has 0 N–H and O–H groups in total. The van der Waals surface area contributed by atoms with E-state index < -0.39 is 16.2 Å². The second-order valence-electron chi connectivity index (χ2n) is 7.32. The zero-order valence-electron chi connectivity index (χ0n) is 13.9. The number of methoxy groups -OCH3 is 1. The maximum atomic E-state index is 12.8. The molecule has 1 saturated carbocycles. The summed E-state index contributed by atoms with van der Waals surface area (Å²) >= 11 is 0. The van der Waals surface area contributed by atoms with Crippen LogP contribution in [-0.4, -0.2) is 13.1 Å². The fourth-order valence-corrected chi connectivity index (χ4v) is 5.76. The zero-order valence-corrected chi connectivity index (χ0v) is 13.9. The third-order valence-electron chi connectivity index (χ3n) is 6.78. The molecule has 5 atom stereocenters. The normalized spacial score (nSPS) is 44.0. The van der Waals surface area contributed by atoms with Gasteiger partial charge >= 0.3 is 5.97 Å². The number of hydrogen-bond acceptors (Lipinski definition) is 3. The number of allylic oxidation sites excluding steroid dienone is 7. The minimum atomic E-state index is -0.714. The van der Waals surface area contributed by atoms with Gasteiger partial charge in [-0.1, -0.05) is 42.0 Å². The molecule has 0 radical (unpaired) electrons. The lowest BCUT2D eigenvalue weighted by Crippen LogP contribution is -2.65. The number of nitriles is 1. The molecule has 4 aliphatic carbocycles. The minimum absolute atomic E-state index is 0.0576. The second-order valence-corrected chi connectivity index (χ2v) is 7.32. The number of ether oxygens (including phenoxy) is 1. The maximum Gasteiger partial charge on any atom is 0.316 e. The average molecular weight is 319 g/mol. The Bertz CT molecular complexity index is 795. The Labute approximate surface area is 142 Å². The van der Waals surface area contributed by atoms with E-state index in [2.05, 4.69) is 31.4 Å². The quantitative estimate of drug-likeness (QED) is 0.586. The summed E-state index contributed by atoms with van der Waals surface area (Å²) in [4.78, 5) is 12.8. The minimum Gasteiger partial charge on any atom is -0.468 e. The third kappa shape index (κ3) is 1.30. The lowest BCUT2D eigenvalue weighted by atomic mass is 9.35. The van der Waals surface area contributed by atoms with E-state index in [0.29, 0.717) is 6.42 Å². The summed E-state index contributed by atoms with van der Waals surface area (Å²) in [6.45, 7) is 7.96. The topological polar surface area (TPSA) is 50.1 Å². The summed E-state index contributed by atoms with van der Waals surface area (Å²) < 4.78 is 5.18. The molecule has 1 unspecified atom stereocenters. The number of esters is 1. The third-order valence-corrected chi connectivity index (χ3v) is 6.78. The highest BCUT2D eigenvalue weighted by Crippen LogP contribution is 2.76. The molecule has 3 heteroatoms. The molecule has 3 nitrogen and oxygen atoms in total. The summed E-state index contributed by atoms with van der Waals surface area (Å²) in [5.74, 6) is -0.0227. The van der Waals surface area contributed by atoms with Crippen molar-refractivity contribution in [2.45, 2.75) is 19.3 Å². The van der Waals surface area contributed by atoms with Crippen LogP contribution in [0.2, 0.25) is 0 Å². The number of nitrogens with zero attached hydrogens (tertiary/aromatic N) is 1. The molecular weight excluding hydrogens is 298 g/mol. The van der Waals surface area contributed by atoms with Crippen LogP contribution in [0.5, 0.6) is 0 Å². The maximum absolute atomic E-state index is 12.8. The van der Waals surface area contributed by atoms with Crippen molar-refractivity contribution in [2.75, 3.05) is 7.11 Å². The fraction of sp³-hybridized carbons (Fsp3) is 0.429. The smallest absolute Gasteiger partial charge is 0.316 e. The van der Waals surface area contributed by atoms with Gasteiger partial charge in [0.2, 0.25) is 0 Å². The van der Waals surface area contributed by atoms with Gasteiger partial charge in [0.1, 0.15) is 5.41 Å². The Hall–Kier alpha value is -2.34. The van der Waals surface area contributed by atoms with Crippen molar-refractivity contribution < 1.29 is 9.53 Å². The molecule has 0 aliphatic heterocycles. The zero-order chi connectivity index (χ0) is 17.2. The Kier molecular flexibility index (Phi) is 2.91. The van der Waals surface area contributed by atoms with Crippen LogP contribution in [-0.2, 0) is 9.53 Å². The molecule has 4 rings (SSSR count). The van der Waals surface area contributed by atoms with E-state index in [1.165, 1.54) is 12.7 Å². The van der Waals surface area contributed by atoms with Gasteiger partial charge in [-0.25, -0.2) is 0 Å². The number of carbonyl (C=O) groups excluding carboxylic acids is 1. The van der Waals surface area contributed by atoms with Gasteiger partial charge in [-0.3, -0.25) is 4.79 Å². The molecule has 0 aromatic rings. The van der Waals surface area contributed by atoms with E-state index in [4.69, 9.17) is 4.74 Å². The molecule has 1 fully saturated rings. The van der Waals surface area contributed by atoms with Gasteiger partial charge in [0, 0.05) is 11.3 Å². The van der Waals surface area contributed by atoms with Gasteiger partial charge in [0.05, 0.1) is 18.6 Å². The Balaban J connectivity index is 2.05. The highest BCUT2D eigenvalue weighted by Gasteiger charge is 2.74. The molecule has 4 aliphatic rings. The second kappa shape index (κ2) is 4.60. The summed E-state index contributed by atoms with van der Waals surface area (Å²) in [7, 11) is 1.44. The lowest BCUT2D eigenvalue weighted by molar-refractivity contribution is -0.169. The molecule has 0 bridgehead atoms. The van der Waals surface area contributed by atoms with Crippen molar-refractivity contribution in [2.24, 2.45) is 28.1 Å². The first kappa shape index (κ1) is 15.2. The Morgan fingerprint density at radius 3 is 2.71 bits per heavy atom. The number of hydrogen-bond donors (Lipinski definition) is 0. The van der Waals surface area contributed by atoms with E-state index in [9.17, 15) is 10.1 Å². The first-order valence-electron chi connectivity index (χ1n) is 8.42. The van der Waals surface area contributed by atoms with E-state index in [1.54, 1.807) is 0 Å². The molecule has 0 amide bonds. The van der Waals surface area contributed by atoms with Crippen molar-refractivity contribution in [1.29, 1.82) is 5.26 Å². The Morgan fingerprint density at radius 1 is 1.33 bits per heavy atom. The Morgan fingerprint density at radius 2 is 2.08 bits per heavy atom. The van der Waals surface area contributed by atoms with Crippen LogP contribution in [0.1, 0.15) is 19.3 Å². The number of carbonyl (C=O) groups is 1. The fourth-order valence-electron chi connectivity index (χ4n) is 5.76. The van der Waals surface area contributed by atoms with Crippen molar-refractivity contribution in [3.63, 3.8) is 0 Å². The van der Waals surface area contributed by atoms with Crippen molar-refractivity contribution in [1.82, 2.24) is 0 Å². The van der Waals surface area contributed by atoms with E-state index >= 15 is 0 Å². The van der Waals surface area contributed by atoms with Gasteiger partial charge in [-0.05, 0) is 30.8 Å².